The van der Waals surface area contributed by atoms with Crippen molar-refractivity contribution in [1.29, 1.82) is 0 Å². The Balaban J connectivity index is 1.52. The average molecular weight is 448 g/mol. The lowest BCUT2D eigenvalue weighted by atomic mass is 10.2. The van der Waals surface area contributed by atoms with Gasteiger partial charge >= 0.3 is 5.97 Å². The molecule has 0 spiro atoms. The maximum absolute atomic E-state index is 12.3. The molecule has 0 unspecified atom stereocenters. The van der Waals surface area contributed by atoms with Crippen LogP contribution in [0, 0.1) is 0 Å². The number of aromatic hydroxyl groups is 2. The van der Waals surface area contributed by atoms with E-state index in [0.717, 1.165) is 18.9 Å². The van der Waals surface area contributed by atoms with Crippen molar-refractivity contribution in [2.45, 2.75) is 19.8 Å². The van der Waals surface area contributed by atoms with Crippen molar-refractivity contribution in [1.82, 2.24) is 5.43 Å². The Labute approximate surface area is 191 Å². The quantitative estimate of drug-likeness (QED) is 0.148. The Kier molecular flexibility index (Phi) is 8.02. The summed E-state index contributed by atoms with van der Waals surface area (Å²) in [6.07, 6.45) is 3.42. The van der Waals surface area contributed by atoms with E-state index in [4.69, 9.17) is 9.47 Å². The molecule has 0 aliphatic rings. The second-order valence-corrected chi connectivity index (χ2v) is 7.09. The molecule has 0 aliphatic heterocycles. The minimum atomic E-state index is -0.629. The summed E-state index contributed by atoms with van der Waals surface area (Å²) in [6.45, 7) is 2.73. The number of nitrogens with one attached hydrogen (secondary N) is 1. The number of ether oxygens (including phenoxy) is 2. The summed E-state index contributed by atoms with van der Waals surface area (Å²) in [6, 6.07) is 17.0. The van der Waals surface area contributed by atoms with Gasteiger partial charge in [-0.05, 0) is 72.6 Å². The van der Waals surface area contributed by atoms with Crippen LogP contribution in [0.4, 0.5) is 0 Å². The molecule has 0 aromatic heterocycles. The molecule has 3 aromatic carbocycles. The van der Waals surface area contributed by atoms with E-state index in [2.05, 4.69) is 17.5 Å². The van der Waals surface area contributed by atoms with Crippen LogP contribution in [-0.4, -0.2) is 34.9 Å². The zero-order valence-electron chi connectivity index (χ0n) is 18.0. The van der Waals surface area contributed by atoms with Crippen molar-refractivity contribution in [3.63, 3.8) is 0 Å². The molecule has 0 fully saturated rings. The highest BCUT2D eigenvalue weighted by Crippen LogP contribution is 2.22. The van der Waals surface area contributed by atoms with Gasteiger partial charge in [-0.3, -0.25) is 4.79 Å². The van der Waals surface area contributed by atoms with Crippen molar-refractivity contribution in [3.8, 4) is 23.0 Å². The van der Waals surface area contributed by atoms with Gasteiger partial charge in [-0.15, -0.1) is 0 Å². The summed E-state index contributed by atoms with van der Waals surface area (Å²) < 4.78 is 11.0. The molecule has 8 heteroatoms. The average Bonchev–Trinajstić information content (AvgIpc) is 2.80. The Morgan fingerprint density at radius 3 is 2.33 bits per heavy atom. The van der Waals surface area contributed by atoms with Crippen molar-refractivity contribution in [3.05, 3.63) is 83.4 Å². The number of carbonyl (C=O) groups excluding carboxylic acids is 2. The van der Waals surface area contributed by atoms with Crippen LogP contribution in [0.25, 0.3) is 0 Å². The maximum atomic E-state index is 12.3. The molecule has 3 aromatic rings. The lowest BCUT2D eigenvalue weighted by molar-refractivity contribution is 0.0734. The van der Waals surface area contributed by atoms with E-state index in [0.29, 0.717) is 29.2 Å². The van der Waals surface area contributed by atoms with Gasteiger partial charge in [-0.1, -0.05) is 13.3 Å². The standard InChI is InChI=1S/C25H24N2O6/c1-2-3-14-32-20-11-6-18(7-12-20)25(31)33-21-9-4-17(5-10-21)16-26-27-24(30)22-13-8-19(28)15-23(22)29/h4-13,15-16,28-29H,2-3,14H2,1H3,(H,27,30)/b26-16+. The lowest BCUT2D eigenvalue weighted by Crippen LogP contribution is -2.17. The Hall–Kier alpha value is -4.33. The van der Waals surface area contributed by atoms with Gasteiger partial charge in [0.05, 0.1) is 23.9 Å². The van der Waals surface area contributed by atoms with Crippen LogP contribution >= 0.6 is 0 Å². The third-order valence-electron chi connectivity index (χ3n) is 4.55. The molecular formula is C25H24N2O6. The molecule has 0 radical (unpaired) electrons. The number of rotatable bonds is 9. The highest BCUT2D eigenvalue weighted by Gasteiger charge is 2.11. The van der Waals surface area contributed by atoms with Gasteiger partial charge in [0.2, 0.25) is 0 Å². The minimum Gasteiger partial charge on any atom is -0.508 e. The molecule has 0 aliphatic carbocycles. The number of carbonyl (C=O) groups is 2. The number of benzene rings is 3. The summed E-state index contributed by atoms with van der Waals surface area (Å²) in [7, 11) is 0. The molecule has 33 heavy (non-hydrogen) atoms. The van der Waals surface area contributed by atoms with Crippen LogP contribution < -0.4 is 14.9 Å². The van der Waals surface area contributed by atoms with Crippen molar-refractivity contribution in [2.75, 3.05) is 6.61 Å². The predicted molar refractivity (Wildman–Crippen MR) is 123 cm³/mol. The van der Waals surface area contributed by atoms with E-state index in [1.165, 1.54) is 18.3 Å². The van der Waals surface area contributed by atoms with Crippen molar-refractivity contribution in [2.24, 2.45) is 5.10 Å². The number of hydrazone groups is 1. The van der Waals surface area contributed by atoms with E-state index in [1.54, 1.807) is 48.5 Å². The highest BCUT2D eigenvalue weighted by molar-refractivity contribution is 5.97. The van der Waals surface area contributed by atoms with Gasteiger partial charge in [0, 0.05) is 6.07 Å². The monoisotopic (exact) mass is 448 g/mol. The number of phenolic OH excluding ortho intramolecular Hbond substituents is 2. The van der Waals surface area contributed by atoms with Crippen LogP contribution in [0.5, 0.6) is 23.0 Å². The molecule has 1 amide bonds. The van der Waals surface area contributed by atoms with Crippen LogP contribution in [0.15, 0.2) is 71.8 Å². The summed E-state index contributed by atoms with van der Waals surface area (Å²) in [5.41, 5.74) is 3.33. The molecule has 3 rings (SSSR count). The molecule has 170 valence electrons. The number of hydrogen-bond donors (Lipinski definition) is 3. The first-order valence-corrected chi connectivity index (χ1v) is 10.4. The molecule has 0 saturated heterocycles. The molecule has 0 heterocycles. The van der Waals surface area contributed by atoms with Crippen LogP contribution in [0.1, 0.15) is 46.0 Å². The fourth-order valence-corrected chi connectivity index (χ4v) is 2.75. The Morgan fingerprint density at radius 1 is 0.970 bits per heavy atom. The number of unbranched alkanes of at least 4 members (excludes halogenated alkanes) is 1. The first-order valence-electron chi connectivity index (χ1n) is 10.4. The van der Waals surface area contributed by atoms with Crippen LogP contribution in [0.2, 0.25) is 0 Å². The zero-order chi connectivity index (χ0) is 23.6. The third kappa shape index (κ3) is 6.83. The SMILES string of the molecule is CCCCOc1ccc(C(=O)Oc2ccc(/C=N/NC(=O)c3ccc(O)cc3O)cc2)cc1. The van der Waals surface area contributed by atoms with E-state index < -0.39 is 11.9 Å². The van der Waals surface area contributed by atoms with E-state index in [1.807, 2.05) is 0 Å². The van der Waals surface area contributed by atoms with Gasteiger partial charge in [0.15, 0.2) is 0 Å². The number of hydrogen-bond acceptors (Lipinski definition) is 7. The fraction of sp³-hybridized carbons (Fsp3) is 0.160. The topological polar surface area (TPSA) is 117 Å². The molecule has 0 atom stereocenters. The summed E-state index contributed by atoms with van der Waals surface area (Å²) >= 11 is 0. The lowest BCUT2D eigenvalue weighted by Gasteiger charge is -2.07. The first-order chi connectivity index (χ1) is 16.0. The Morgan fingerprint density at radius 2 is 1.67 bits per heavy atom. The third-order valence-corrected chi connectivity index (χ3v) is 4.55. The summed E-state index contributed by atoms with van der Waals surface area (Å²) in [5, 5.41) is 22.8. The normalized spacial score (nSPS) is 10.7. The van der Waals surface area contributed by atoms with Crippen LogP contribution in [-0.2, 0) is 0 Å². The van der Waals surface area contributed by atoms with E-state index >= 15 is 0 Å². The smallest absolute Gasteiger partial charge is 0.343 e. The van der Waals surface area contributed by atoms with Gasteiger partial charge < -0.3 is 19.7 Å². The fourth-order valence-electron chi connectivity index (χ4n) is 2.75. The van der Waals surface area contributed by atoms with Crippen LogP contribution in [0.3, 0.4) is 0 Å². The molecule has 0 bridgehead atoms. The van der Waals surface area contributed by atoms with E-state index in [9.17, 15) is 19.8 Å². The molecule has 8 nitrogen and oxygen atoms in total. The van der Waals surface area contributed by atoms with Gasteiger partial charge in [-0.25, -0.2) is 10.2 Å². The number of nitrogens with zero attached hydrogens (tertiary/aromatic N) is 1. The molecular weight excluding hydrogens is 424 g/mol. The maximum Gasteiger partial charge on any atom is 0.343 e. The van der Waals surface area contributed by atoms with Crippen molar-refractivity contribution < 1.29 is 29.3 Å². The minimum absolute atomic E-state index is 0.0206. The van der Waals surface area contributed by atoms with Gasteiger partial charge in [0.25, 0.3) is 5.91 Å². The summed E-state index contributed by atoms with van der Waals surface area (Å²) in [4.78, 5) is 24.4. The second kappa shape index (κ2) is 11.3. The van der Waals surface area contributed by atoms with Gasteiger partial charge in [-0.2, -0.15) is 5.10 Å². The Bertz CT molecular complexity index is 1120. The summed E-state index contributed by atoms with van der Waals surface area (Å²) in [5.74, 6) is -0.558. The highest BCUT2D eigenvalue weighted by atomic mass is 16.5. The number of phenols is 2. The largest absolute Gasteiger partial charge is 0.508 e. The predicted octanol–water partition coefficient (Wildman–Crippen LogP) is 4.26. The van der Waals surface area contributed by atoms with Crippen molar-refractivity contribution >= 4 is 18.1 Å². The van der Waals surface area contributed by atoms with Gasteiger partial charge in [0.1, 0.15) is 23.0 Å². The molecule has 0 saturated carbocycles. The second-order valence-electron chi connectivity index (χ2n) is 7.09. The molecule has 3 N–H and O–H groups in total. The number of esters is 1. The van der Waals surface area contributed by atoms with E-state index in [-0.39, 0.29) is 17.1 Å². The zero-order valence-corrected chi connectivity index (χ0v) is 18.0. The first kappa shape index (κ1) is 23.3. The number of amides is 1.